The number of aryl methyl sites for hydroxylation is 1. The summed E-state index contributed by atoms with van der Waals surface area (Å²) in [6, 6.07) is 0. The summed E-state index contributed by atoms with van der Waals surface area (Å²) in [5, 5.41) is 14.1. The molecule has 3 aromatic rings. The second-order valence-corrected chi connectivity index (χ2v) is 8.34. The van der Waals surface area contributed by atoms with Crippen molar-refractivity contribution in [3.05, 3.63) is 17.5 Å². The number of aromatic amines is 1. The Morgan fingerprint density at radius 3 is 2.93 bits per heavy atom. The molecule has 2 aliphatic rings. The van der Waals surface area contributed by atoms with Crippen molar-refractivity contribution < 1.29 is 14.8 Å². The summed E-state index contributed by atoms with van der Waals surface area (Å²) in [4.78, 5) is 16.3. The van der Waals surface area contributed by atoms with Crippen molar-refractivity contribution >= 4 is 43.4 Å². The Balaban J connectivity index is 1.68. The molecule has 3 aromatic heterocycles. The summed E-state index contributed by atoms with van der Waals surface area (Å²) in [6.07, 6.45) is 4.60. The van der Waals surface area contributed by atoms with E-state index < -0.39 is 6.10 Å². The minimum atomic E-state index is -0.423. The van der Waals surface area contributed by atoms with Gasteiger partial charge < -0.3 is 15.2 Å². The number of H-pyrrole nitrogens is 1. The van der Waals surface area contributed by atoms with Crippen LogP contribution in [-0.4, -0.2) is 54.0 Å². The number of fused-ring (bicyclic) bond motifs is 5. The molecule has 0 bridgehead atoms. The number of aliphatic hydroxyl groups is 1. The van der Waals surface area contributed by atoms with E-state index in [1.165, 1.54) is 28.8 Å². The summed E-state index contributed by atoms with van der Waals surface area (Å²) in [6.45, 7) is 5.67. The van der Waals surface area contributed by atoms with Crippen LogP contribution in [0.15, 0.2) is 6.33 Å². The maximum atomic E-state index is 9.61. The van der Waals surface area contributed by atoms with Crippen molar-refractivity contribution in [2.24, 2.45) is 0 Å². The van der Waals surface area contributed by atoms with Gasteiger partial charge >= 0.3 is 0 Å². The largest absolute Gasteiger partial charge is 0.392 e. The van der Waals surface area contributed by atoms with Crippen molar-refractivity contribution in [3.63, 3.8) is 0 Å². The number of pyridine rings is 1. The van der Waals surface area contributed by atoms with Gasteiger partial charge in [-0.15, -0.1) is 0 Å². The van der Waals surface area contributed by atoms with E-state index in [0.29, 0.717) is 6.54 Å². The van der Waals surface area contributed by atoms with E-state index in [-0.39, 0.29) is 0 Å². The van der Waals surface area contributed by atoms with Crippen LogP contribution in [0.4, 0.5) is 11.6 Å². The third-order valence-corrected chi connectivity index (χ3v) is 6.50. The van der Waals surface area contributed by atoms with Crippen molar-refractivity contribution in [2.45, 2.75) is 32.3 Å². The van der Waals surface area contributed by atoms with Gasteiger partial charge in [0.2, 0.25) is 0 Å². The van der Waals surface area contributed by atoms with Crippen molar-refractivity contribution in [3.8, 4) is 0 Å². The van der Waals surface area contributed by atoms with Crippen molar-refractivity contribution in [1.29, 1.82) is 0 Å². The number of ether oxygens (including phenoxy) is 1. The van der Waals surface area contributed by atoms with Crippen LogP contribution in [0.1, 0.15) is 24.5 Å². The summed E-state index contributed by atoms with van der Waals surface area (Å²) in [5.41, 5.74) is 3.90. The number of hydrogen-bond donors (Lipinski definition) is 2. The molecular formula is C19H24N5O2S+. The predicted molar refractivity (Wildman–Crippen MR) is 107 cm³/mol. The van der Waals surface area contributed by atoms with Crippen LogP contribution in [0, 0.1) is 0 Å². The number of aliphatic hydroxyl groups excluding tert-OH is 1. The minimum absolute atomic E-state index is 0.423. The first-order valence-electron chi connectivity index (χ1n) is 9.61. The third-order valence-electron chi connectivity index (χ3n) is 5.40. The number of morpholine rings is 1. The van der Waals surface area contributed by atoms with Gasteiger partial charge in [0.1, 0.15) is 29.9 Å². The zero-order chi connectivity index (χ0) is 18.4. The fourth-order valence-electron chi connectivity index (χ4n) is 4.17. The molecule has 1 saturated heterocycles. The summed E-state index contributed by atoms with van der Waals surface area (Å²) in [5.74, 6) is 2.06. The van der Waals surface area contributed by atoms with Gasteiger partial charge in [0.05, 0.1) is 30.2 Å². The molecule has 142 valence electrons. The standard InChI is InChI=1S/C19H23N5O2S/c1-11(25)9-20-17-16-15(21-10-22-17)14-12-3-2-4-13(12)18(23-19(14)27-16)24-5-7-26-8-6-24/h10-11,25H,2-9H2,1H3,(H,20,21,22)/p+1/t11-/m0/s1. The van der Waals surface area contributed by atoms with Crippen molar-refractivity contribution in [1.82, 2.24) is 9.97 Å². The molecule has 1 fully saturated rings. The highest BCUT2D eigenvalue weighted by molar-refractivity contribution is 7.25. The Morgan fingerprint density at radius 1 is 1.30 bits per heavy atom. The Labute approximate surface area is 161 Å². The average molecular weight is 387 g/mol. The van der Waals surface area contributed by atoms with E-state index in [1.54, 1.807) is 24.6 Å². The normalized spacial score (nSPS) is 18.2. The van der Waals surface area contributed by atoms with Gasteiger partial charge in [-0.3, -0.25) is 4.90 Å². The zero-order valence-electron chi connectivity index (χ0n) is 15.4. The average Bonchev–Trinajstić information content (AvgIpc) is 3.30. The first kappa shape index (κ1) is 17.1. The molecular weight excluding hydrogens is 362 g/mol. The number of rotatable bonds is 4. The van der Waals surface area contributed by atoms with Gasteiger partial charge in [0, 0.05) is 12.1 Å². The maximum absolute atomic E-state index is 9.61. The number of thiophene rings is 1. The Bertz CT molecular complexity index is 997. The molecule has 0 saturated carbocycles. The maximum Gasteiger partial charge on any atom is 0.279 e. The van der Waals surface area contributed by atoms with E-state index in [0.717, 1.165) is 60.0 Å². The molecule has 0 spiro atoms. The molecule has 1 aliphatic carbocycles. The highest BCUT2D eigenvalue weighted by Crippen LogP contribution is 2.41. The fraction of sp³-hybridized carbons (Fsp3) is 0.526. The molecule has 0 radical (unpaired) electrons. The first-order chi connectivity index (χ1) is 13.2. The minimum Gasteiger partial charge on any atom is -0.392 e. The molecule has 4 heterocycles. The number of anilines is 2. The fourth-order valence-corrected chi connectivity index (χ4v) is 5.31. The molecule has 1 aliphatic heterocycles. The number of nitrogens with zero attached hydrogens (tertiary/aromatic N) is 3. The molecule has 3 N–H and O–H groups in total. The van der Waals surface area contributed by atoms with E-state index in [2.05, 4.69) is 25.2 Å². The van der Waals surface area contributed by atoms with Gasteiger partial charge in [-0.25, -0.2) is 15.0 Å². The molecule has 8 heteroatoms. The lowest BCUT2D eigenvalue weighted by Crippen LogP contribution is -2.40. The van der Waals surface area contributed by atoms with E-state index in [9.17, 15) is 5.11 Å². The molecule has 1 atom stereocenters. The summed E-state index contributed by atoms with van der Waals surface area (Å²) >= 11 is 1.70. The molecule has 0 aromatic carbocycles. The lowest BCUT2D eigenvalue weighted by atomic mass is 10.1. The van der Waals surface area contributed by atoms with Gasteiger partial charge in [-0.05, 0) is 31.7 Å². The summed E-state index contributed by atoms with van der Waals surface area (Å²) in [7, 11) is 0. The number of nitrogens with one attached hydrogen (secondary N) is 2. The Kier molecular flexibility index (Phi) is 4.34. The second kappa shape index (κ2) is 6.85. The smallest absolute Gasteiger partial charge is 0.279 e. The predicted octanol–water partition coefficient (Wildman–Crippen LogP) is 1.78. The zero-order valence-corrected chi connectivity index (χ0v) is 16.2. The van der Waals surface area contributed by atoms with Crippen LogP contribution in [0.5, 0.6) is 0 Å². The van der Waals surface area contributed by atoms with E-state index in [4.69, 9.17) is 4.74 Å². The molecule has 5 rings (SSSR count). The Hall–Kier alpha value is -2.03. The Morgan fingerprint density at radius 2 is 2.11 bits per heavy atom. The monoisotopic (exact) mass is 386 g/mol. The van der Waals surface area contributed by atoms with Crippen LogP contribution in [0.2, 0.25) is 0 Å². The first-order valence-corrected chi connectivity index (χ1v) is 10.4. The third kappa shape index (κ3) is 2.92. The SMILES string of the molecule is C[C@H](O)CNc1ncnc2c1sc1[nH+]c(N3CCOCC3)c3c(c12)CCC3. The van der Waals surface area contributed by atoms with E-state index >= 15 is 0 Å². The van der Waals surface area contributed by atoms with Gasteiger partial charge in [0.15, 0.2) is 4.83 Å². The number of hydrogen-bond acceptors (Lipinski definition) is 7. The lowest BCUT2D eigenvalue weighted by Gasteiger charge is -2.23. The van der Waals surface area contributed by atoms with Crippen LogP contribution in [0.25, 0.3) is 20.4 Å². The van der Waals surface area contributed by atoms with Gasteiger partial charge in [-0.2, -0.15) is 0 Å². The molecule has 0 unspecified atom stereocenters. The van der Waals surface area contributed by atoms with E-state index in [1.807, 2.05) is 0 Å². The molecule has 7 nitrogen and oxygen atoms in total. The van der Waals surface area contributed by atoms with Crippen LogP contribution < -0.4 is 15.2 Å². The van der Waals surface area contributed by atoms with Crippen LogP contribution in [0.3, 0.4) is 0 Å². The highest BCUT2D eigenvalue weighted by Gasteiger charge is 2.31. The van der Waals surface area contributed by atoms with Crippen LogP contribution in [-0.2, 0) is 17.6 Å². The number of aromatic nitrogens is 3. The van der Waals surface area contributed by atoms with Crippen LogP contribution >= 0.6 is 11.3 Å². The molecule has 27 heavy (non-hydrogen) atoms. The molecule has 0 amide bonds. The second-order valence-electron chi connectivity index (χ2n) is 7.32. The van der Waals surface area contributed by atoms with Gasteiger partial charge in [0.25, 0.3) is 5.82 Å². The van der Waals surface area contributed by atoms with Crippen molar-refractivity contribution in [2.75, 3.05) is 43.1 Å². The summed E-state index contributed by atoms with van der Waals surface area (Å²) < 4.78 is 6.59. The lowest BCUT2D eigenvalue weighted by molar-refractivity contribution is -0.328. The highest BCUT2D eigenvalue weighted by atomic mass is 32.1. The quantitative estimate of drug-likeness (QED) is 0.711. The van der Waals surface area contributed by atoms with Gasteiger partial charge in [-0.1, -0.05) is 11.3 Å². The topological polar surface area (TPSA) is 84.7 Å².